The number of halogens is 3. The van der Waals surface area contributed by atoms with E-state index < -0.39 is 19.0 Å². The zero-order valence-electron chi connectivity index (χ0n) is 8.30. The van der Waals surface area contributed by atoms with Gasteiger partial charge < -0.3 is 11.1 Å². The average Bonchev–Trinajstić information content (AvgIpc) is 2.27. The van der Waals surface area contributed by atoms with Crippen LogP contribution in [0.2, 0.25) is 0 Å². The van der Waals surface area contributed by atoms with Crippen LogP contribution in [0.1, 0.15) is 5.56 Å². The van der Waals surface area contributed by atoms with Gasteiger partial charge in [0.25, 0.3) is 5.92 Å². The monoisotopic (exact) mass is 289 g/mol. The van der Waals surface area contributed by atoms with E-state index >= 15 is 0 Å². The molecule has 0 saturated heterocycles. The Morgan fingerprint density at radius 2 is 2.19 bits per heavy atom. The van der Waals surface area contributed by atoms with Crippen molar-refractivity contribution in [1.82, 2.24) is 0 Å². The summed E-state index contributed by atoms with van der Waals surface area (Å²) in [7, 11) is 0. The van der Waals surface area contributed by atoms with Gasteiger partial charge in [0.05, 0.1) is 18.7 Å². The molecule has 86 valence electrons. The minimum Gasteiger partial charge on any atom is -0.379 e. The lowest BCUT2D eigenvalue weighted by atomic mass is 10.2. The molecule has 0 bridgehead atoms. The number of anilines is 1. The standard InChI is InChI=1S/C10H10BrF2N3/c11-9-3-8(2-1-7(9)4-14)16-6-10(12,13)5-15/h1-3,16H,5-6,15H2. The Hall–Kier alpha value is -1.19. The van der Waals surface area contributed by atoms with Gasteiger partial charge in [-0.05, 0) is 34.1 Å². The SMILES string of the molecule is N#Cc1ccc(NCC(F)(F)CN)cc1Br. The lowest BCUT2D eigenvalue weighted by Gasteiger charge is -2.15. The zero-order chi connectivity index (χ0) is 12.2. The molecule has 0 amide bonds. The van der Waals surface area contributed by atoms with Crippen molar-refractivity contribution in [2.24, 2.45) is 5.73 Å². The summed E-state index contributed by atoms with van der Waals surface area (Å²) in [6, 6.07) is 6.65. The number of nitrogens with one attached hydrogen (secondary N) is 1. The summed E-state index contributed by atoms with van der Waals surface area (Å²) in [5.41, 5.74) is 5.87. The Labute approximate surface area is 100 Å². The van der Waals surface area contributed by atoms with Crippen molar-refractivity contribution in [1.29, 1.82) is 5.26 Å². The number of hydrogen-bond donors (Lipinski definition) is 2. The molecule has 0 saturated carbocycles. The molecule has 1 rings (SSSR count). The maximum Gasteiger partial charge on any atom is 0.276 e. The lowest BCUT2D eigenvalue weighted by Crippen LogP contribution is -2.35. The van der Waals surface area contributed by atoms with E-state index in [1.54, 1.807) is 18.2 Å². The number of hydrogen-bond acceptors (Lipinski definition) is 3. The maximum absolute atomic E-state index is 12.8. The van der Waals surface area contributed by atoms with Gasteiger partial charge >= 0.3 is 0 Å². The van der Waals surface area contributed by atoms with E-state index in [-0.39, 0.29) is 0 Å². The van der Waals surface area contributed by atoms with E-state index in [9.17, 15) is 8.78 Å². The highest BCUT2D eigenvalue weighted by Gasteiger charge is 2.26. The van der Waals surface area contributed by atoms with Crippen LogP contribution in [-0.4, -0.2) is 19.0 Å². The lowest BCUT2D eigenvalue weighted by molar-refractivity contribution is 0.0254. The Kier molecular flexibility index (Phi) is 4.21. The third kappa shape index (κ3) is 3.43. The second kappa shape index (κ2) is 5.23. The van der Waals surface area contributed by atoms with Crippen molar-refractivity contribution in [2.75, 3.05) is 18.4 Å². The average molecular weight is 290 g/mol. The van der Waals surface area contributed by atoms with Gasteiger partial charge in [0, 0.05) is 10.2 Å². The third-order valence-corrected chi connectivity index (χ3v) is 2.60. The Balaban J connectivity index is 2.70. The second-order valence-corrected chi connectivity index (χ2v) is 4.07. The predicted octanol–water partition coefficient (Wildman–Crippen LogP) is 2.33. The summed E-state index contributed by atoms with van der Waals surface area (Å²) in [5.74, 6) is -2.93. The number of alkyl halides is 2. The molecule has 0 aromatic heterocycles. The van der Waals surface area contributed by atoms with E-state index in [1.165, 1.54) is 0 Å². The van der Waals surface area contributed by atoms with Crippen molar-refractivity contribution in [3.05, 3.63) is 28.2 Å². The zero-order valence-corrected chi connectivity index (χ0v) is 9.89. The third-order valence-electron chi connectivity index (χ3n) is 1.94. The van der Waals surface area contributed by atoms with Gasteiger partial charge in [0.2, 0.25) is 0 Å². The summed E-state index contributed by atoms with van der Waals surface area (Å²) in [6.07, 6.45) is 0. The summed E-state index contributed by atoms with van der Waals surface area (Å²) in [6.45, 7) is -1.22. The predicted molar refractivity (Wildman–Crippen MR) is 61.3 cm³/mol. The smallest absolute Gasteiger partial charge is 0.276 e. The molecule has 1 aromatic carbocycles. The highest BCUT2D eigenvalue weighted by atomic mass is 79.9. The minimum atomic E-state index is -2.93. The second-order valence-electron chi connectivity index (χ2n) is 3.22. The molecule has 0 radical (unpaired) electrons. The van der Waals surface area contributed by atoms with E-state index in [4.69, 9.17) is 11.0 Å². The van der Waals surface area contributed by atoms with Crippen LogP contribution in [0.15, 0.2) is 22.7 Å². The molecule has 6 heteroatoms. The molecule has 0 fully saturated rings. The summed E-state index contributed by atoms with van der Waals surface area (Å²) >= 11 is 3.17. The first kappa shape index (κ1) is 12.9. The van der Waals surface area contributed by atoms with Crippen LogP contribution in [0.5, 0.6) is 0 Å². The van der Waals surface area contributed by atoms with Gasteiger partial charge in [-0.1, -0.05) is 0 Å². The van der Waals surface area contributed by atoms with Crippen LogP contribution in [0.4, 0.5) is 14.5 Å². The first-order chi connectivity index (χ1) is 7.48. The molecule has 0 unspecified atom stereocenters. The fourth-order valence-electron chi connectivity index (χ4n) is 1.02. The van der Waals surface area contributed by atoms with Gasteiger partial charge in [-0.25, -0.2) is 8.78 Å². The number of rotatable bonds is 4. The summed E-state index contributed by atoms with van der Waals surface area (Å²) in [4.78, 5) is 0. The molecule has 0 aliphatic rings. The molecular formula is C10H10BrF2N3. The Morgan fingerprint density at radius 3 is 2.69 bits per heavy atom. The van der Waals surface area contributed by atoms with Gasteiger partial charge in [-0.15, -0.1) is 0 Å². The summed E-state index contributed by atoms with van der Waals surface area (Å²) in [5, 5.41) is 11.2. The molecule has 3 N–H and O–H groups in total. The highest BCUT2D eigenvalue weighted by Crippen LogP contribution is 2.21. The van der Waals surface area contributed by atoms with Gasteiger partial charge in [-0.3, -0.25) is 0 Å². The van der Waals surface area contributed by atoms with Crippen LogP contribution in [0, 0.1) is 11.3 Å². The normalized spacial score (nSPS) is 10.9. The van der Waals surface area contributed by atoms with Gasteiger partial charge in [0.1, 0.15) is 6.07 Å². The molecule has 0 atom stereocenters. The van der Waals surface area contributed by atoms with Crippen LogP contribution >= 0.6 is 15.9 Å². The van der Waals surface area contributed by atoms with E-state index in [2.05, 4.69) is 21.2 Å². The number of nitrogens with zero attached hydrogens (tertiary/aromatic N) is 1. The molecule has 1 aromatic rings. The Bertz CT molecular complexity index is 415. The van der Waals surface area contributed by atoms with E-state index in [1.807, 2.05) is 6.07 Å². The topological polar surface area (TPSA) is 61.8 Å². The molecule has 16 heavy (non-hydrogen) atoms. The van der Waals surface area contributed by atoms with Crippen molar-refractivity contribution < 1.29 is 8.78 Å². The van der Waals surface area contributed by atoms with Crippen molar-refractivity contribution >= 4 is 21.6 Å². The number of nitrogens with two attached hydrogens (primary N) is 1. The maximum atomic E-state index is 12.8. The van der Waals surface area contributed by atoms with Crippen molar-refractivity contribution in [2.45, 2.75) is 5.92 Å². The Morgan fingerprint density at radius 1 is 1.50 bits per heavy atom. The van der Waals surface area contributed by atoms with E-state index in [0.717, 1.165) is 0 Å². The highest BCUT2D eigenvalue weighted by molar-refractivity contribution is 9.10. The van der Waals surface area contributed by atoms with E-state index in [0.29, 0.717) is 15.7 Å². The van der Waals surface area contributed by atoms with Crippen LogP contribution < -0.4 is 11.1 Å². The first-order valence-electron chi connectivity index (χ1n) is 4.50. The van der Waals surface area contributed by atoms with Crippen molar-refractivity contribution in [3.63, 3.8) is 0 Å². The van der Waals surface area contributed by atoms with Crippen molar-refractivity contribution in [3.8, 4) is 6.07 Å². The van der Waals surface area contributed by atoms with Crippen LogP contribution in [0.3, 0.4) is 0 Å². The largest absolute Gasteiger partial charge is 0.379 e. The fourth-order valence-corrected chi connectivity index (χ4v) is 1.49. The molecule has 0 aliphatic carbocycles. The molecular weight excluding hydrogens is 280 g/mol. The first-order valence-corrected chi connectivity index (χ1v) is 5.29. The molecule has 0 aliphatic heterocycles. The molecule has 0 spiro atoms. The quantitative estimate of drug-likeness (QED) is 0.894. The number of benzene rings is 1. The minimum absolute atomic E-state index is 0.455. The fraction of sp³-hybridized carbons (Fsp3) is 0.300. The number of nitriles is 1. The molecule has 3 nitrogen and oxygen atoms in total. The summed E-state index contributed by atoms with van der Waals surface area (Å²) < 4.78 is 26.2. The van der Waals surface area contributed by atoms with Crippen LogP contribution in [-0.2, 0) is 0 Å². The van der Waals surface area contributed by atoms with Crippen LogP contribution in [0.25, 0.3) is 0 Å². The van der Waals surface area contributed by atoms with Gasteiger partial charge in [-0.2, -0.15) is 5.26 Å². The molecule has 0 heterocycles. The van der Waals surface area contributed by atoms with Gasteiger partial charge in [0.15, 0.2) is 0 Å².